The van der Waals surface area contributed by atoms with Gasteiger partial charge in [0.2, 0.25) is 11.7 Å². The standard InChI is InChI=1S/C13H14N6O/c1-7(11-8(2)17-18-9(11)3)13-16-12(19-20-13)10-6-14-4-5-15-10/h4-7H,1-3H3,(H,17,18). The Morgan fingerprint density at radius 1 is 1.25 bits per heavy atom. The van der Waals surface area contributed by atoms with Gasteiger partial charge in [0.15, 0.2) is 0 Å². The Labute approximate surface area is 115 Å². The Balaban J connectivity index is 1.95. The normalized spacial score (nSPS) is 12.6. The molecule has 0 radical (unpaired) electrons. The van der Waals surface area contributed by atoms with E-state index in [4.69, 9.17) is 4.52 Å². The minimum absolute atomic E-state index is 0.0216. The third-order valence-electron chi connectivity index (χ3n) is 3.22. The van der Waals surface area contributed by atoms with Crippen molar-refractivity contribution in [3.8, 4) is 11.5 Å². The first-order valence-electron chi connectivity index (χ1n) is 6.28. The van der Waals surface area contributed by atoms with E-state index < -0.39 is 0 Å². The van der Waals surface area contributed by atoms with Crippen LogP contribution in [-0.4, -0.2) is 30.3 Å². The van der Waals surface area contributed by atoms with Crippen molar-refractivity contribution < 1.29 is 4.52 Å². The molecular weight excluding hydrogens is 256 g/mol. The molecule has 0 bridgehead atoms. The fourth-order valence-electron chi connectivity index (χ4n) is 2.25. The molecule has 0 aliphatic rings. The van der Waals surface area contributed by atoms with Gasteiger partial charge in [-0.15, -0.1) is 0 Å². The van der Waals surface area contributed by atoms with Crippen LogP contribution in [0.4, 0.5) is 0 Å². The first-order valence-corrected chi connectivity index (χ1v) is 6.28. The number of nitrogens with one attached hydrogen (secondary N) is 1. The molecule has 0 aliphatic carbocycles. The minimum Gasteiger partial charge on any atom is -0.338 e. The number of aromatic nitrogens is 6. The van der Waals surface area contributed by atoms with Crippen LogP contribution in [0.2, 0.25) is 0 Å². The Hall–Kier alpha value is -2.57. The number of H-pyrrole nitrogens is 1. The van der Waals surface area contributed by atoms with Gasteiger partial charge >= 0.3 is 0 Å². The van der Waals surface area contributed by atoms with Crippen molar-refractivity contribution in [1.82, 2.24) is 30.3 Å². The predicted octanol–water partition coefficient (Wildman–Crippen LogP) is 2.02. The highest BCUT2D eigenvalue weighted by atomic mass is 16.5. The van der Waals surface area contributed by atoms with Crippen molar-refractivity contribution in [2.45, 2.75) is 26.7 Å². The predicted molar refractivity (Wildman–Crippen MR) is 70.9 cm³/mol. The molecule has 0 fully saturated rings. The lowest BCUT2D eigenvalue weighted by molar-refractivity contribution is 0.370. The van der Waals surface area contributed by atoms with E-state index in [0.717, 1.165) is 17.0 Å². The SMILES string of the molecule is Cc1n[nH]c(C)c1C(C)c1nc(-c2cnccn2)no1. The Kier molecular flexibility index (Phi) is 3.02. The summed E-state index contributed by atoms with van der Waals surface area (Å²) < 4.78 is 5.34. The molecular formula is C13H14N6O. The highest BCUT2D eigenvalue weighted by Gasteiger charge is 2.22. The van der Waals surface area contributed by atoms with Gasteiger partial charge in [-0.3, -0.25) is 10.1 Å². The van der Waals surface area contributed by atoms with Crippen LogP contribution in [0.1, 0.15) is 35.7 Å². The third kappa shape index (κ3) is 2.07. The third-order valence-corrected chi connectivity index (χ3v) is 3.22. The molecule has 3 heterocycles. The van der Waals surface area contributed by atoms with Gasteiger partial charge in [-0.1, -0.05) is 5.16 Å². The van der Waals surface area contributed by atoms with Crippen LogP contribution in [0.15, 0.2) is 23.1 Å². The van der Waals surface area contributed by atoms with E-state index in [1.54, 1.807) is 18.6 Å². The molecule has 20 heavy (non-hydrogen) atoms. The van der Waals surface area contributed by atoms with E-state index in [9.17, 15) is 0 Å². The maximum absolute atomic E-state index is 5.34. The number of aromatic amines is 1. The van der Waals surface area contributed by atoms with Gasteiger partial charge in [0.25, 0.3) is 0 Å². The molecule has 0 aliphatic heterocycles. The molecule has 1 atom stereocenters. The molecule has 0 saturated heterocycles. The van der Waals surface area contributed by atoms with Crippen molar-refractivity contribution >= 4 is 0 Å². The van der Waals surface area contributed by atoms with Crippen LogP contribution in [0, 0.1) is 13.8 Å². The molecule has 3 rings (SSSR count). The van der Waals surface area contributed by atoms with E-state index in [1.165, 1.54) is 0 Å². The maximum Gasteiger partial charge on any atom is 0.234 e. The van der Waals surface area contributed by atoms with Crippen LogP contribution in [0.25, 0.3) is 11.5 Å². The molecule has 7 heteroatoms. The molecule has 1 unspecified atom stereocenters. The molecule has 102 valence electrons. The van der Waals surface area contributed by atoms with Crippen molar-refractivity contribution in [2.24, 2.45) is 0 Å². The van der Waals surface area contributed by atoms with Gasteiger partial charge in [0, 0.05) is 23.7 Å². The number of nitrogens with zero attached hydrogens (tertiary/aromatic N) is 5. The lowest BCUT2D eigenvalue weighted by Gasteiger charge is -2.06. The Morgan fingerprint density at radius 3 is 2.75 bits per heavy atom. The topological polar surface area (TPSA) is 93.4 Å². The van der Waals surface area contributed by atoms with Gasteiger partial charge in [-0.2, -0.15) is 10.1 Å². The summed E-state index contributed by atoms with van der Waals surface area (Å²) in [6.07, 6.45) is 4.80. The number of aryl methyl sites for hydroxylation is 2. The summed E-state index contributed by atoms with van der Waals surface area (Å²) >= 11 is 0. The van der Waals surface area contributed by atoms with E-state index in [1.807, 2.05) is 20.8 Å². The van der Waals surface area contributed by atoms with Crippen molar-refractivity contribution in [3.05, 3.63) is 41.4 Å². The molecule has 7 nitrogen and oxygen atoms in total. The highest BCUT2D eigenvalue weighted by molar-refractivity contribution is 5.46. The smallest absolute Gasteiger partial charge is 0.234 e. The fraction of sp³-hybridized carbons (Fsp3) is 0.308. The molecule has 0 saturated carbocycles. The summed E-state index contributed by atoms with van der Waals surface area (Å²) in [6, 6.07) is 0. The van der Waals surface area contributed by atoms with Gasteiger partial charge in [0.1, 0.15) is 5.69 Å². The number of hydrogen-bond acceptors (Lipinski definition) is 6. The van der Waals surface area contributed by atoms with Gasteiger partial charge in [-0.05, 0) is 20.8 Å². The van der Waals surface area contributed by atoms with Crippen molar-refractivity contribution in [1.29, 1.82) is 0 Å². The summed E-state index contributed by atoms with van der Waals surface area (Å²) in [5.74, 6) is 0.962. The lowest BCUT2D eigenvalue weighted by atomic mass is 9.99. The van der Waals surface area contributed by atoms with Gasteiger partial charge in [-0.25, -0.2) is 4.98 Å². The maximum atomic E-state index is 5.34. The van der Waals surface area contributed by atoms with Crippen LogP contribution in [0.3, 0.4) is 0 Å². The quantitative estimate of drug-likeness (QED) is 0.782. The second kappa shape index (κ2) is 4.84. The zero-order chi connectivity index (χ0) is 14.1. The Bertz CT molecular complexity index is 698. The second-order valence-corrected chi connectivity index (χ2v) is 4.62. The van der Waals surface area contributed by atoms with Crippen LogP contribution < -0.4 is 0 Å². The van der Waals surface area contributed by atoms with E-state index in [0.29, 0.717) is 17.4 Å². The van der Waals surface area contributed by atoms with Crippen molar-refractivity contribution in [2.75, 3.05) is 0 Å². The van der Waals surface area contributed by atoms with Gasteiger partial charge in [0.05, 0.1) is 17.8 Å². The second-order valence-electron chi connectivity index (χ2n) is 4.62. The first-order chi connectivity index (χ1) is 9.66. The van der Waals surface area contributed by atoms with Crippen LogP contribution >= 0.6 is 0 Å². The minimum atomic E-state index is -0.0216. The van der Waals surface area contributed by atoms with E-state index in [2.05, 4.69) is 30.3 Å². The van der Waals surface area contributed by atoms with Crippen LogP contribution in [-0.2, 0) is 0 Å². The van der Waals surface area contributed by atoms with Crippen molar-refractivity contribution in [3.63, 3.8) is 0 Å². The summed E-state index contributed by atoms with van der Waals surface area (Å²) in [4.78, 5) is 12.5. The summed E-state index contributed by atoms with van der Waals surface area (Å²) in [5, 5.41) is 11.1. The molecule has 0 aromatic carbocycles. The van der Waals surface area contributed by atoms with E-state index in [-0.39, 0.29) is 5.92 Å². The zero-order valence-electron chi connectivity index (χ0n) is 11.5. The molecule has 3 aromatic heterocycles. The summed E-state index contributed by atoms with van der Waals surface area (Å²) in [7, 11) is 0. The first kappa shape index (κ1) is 12.5. The Morgan fingerprint density at radius 2 is 2.10 bits per heavy atom. The average Bonchev–Trinajstić information content (AvgIpc) is 3.07. The number of hydrogen-bond donors (Lipinski definition) is 1. The number of rotatable bonds is 3. The molecule has 1 N–H and O–H groups in total. The summed E-state index contributed by atoms with van der Waals surface area (Å²) in [6.45, 7) is 5.94. The summed E-state index contributed by atoms with van der Waals surface area (Å²) in [5.41, 5.74) is 3.62. The molecule has 3 aromatic rings. The van der Waals surface area contributed by atoms with Gasteiger partial charge < -0.3 is 4.52 Å². The van der Waals surface area contributed by atoms with Crippen LogP contribution in [0.5, 0.6) is 0 Å². The average molecular weight is 270 g/mol. The largest absolute Gasteiger partial charge is 0.338 e. The highest BCUT2D eigenvalue weighted by Crippen LogP contribution is 2.28. The van der Waals surface area contributed by atoms with E-state index >= 15 is 0 Å². The molecule has 0 spiro atoms. The molecule has 0 amide bonds. The fourth-order valence-corrected chi connectivity index (χ4v) is 2.25. The lowest BCUT2D eigenvalue weighted by Crippen LogP contribution is -1.99. The zero-order valence-corrected chi connectivity index (χ0v) is 11.5. The monoisotopic (exact) mass is 270 g/mol.